The number of hydrogen-bond donors (Lipinski definition) is 3. The summed E-state index contributed by atoms with van der Waals surface area (Å²) in [6.07, 6.45) is 0.139. The number of sulfonamides is 1. The molecule has 0 aromatic heterocycles. The first kappa shape index (κ1) is 14.5. The van der Waals surface area contributed by atoms with Gasteiger partial charge in [0.05, 0.1) is 10.8 Å². The van der Waals surface area contributed by atoms with Crippen molar-refractivity contribution < 1.29 is 18.0 Å². The molecule has 7 nitrogen and oxygen atoms in total. The Morgan fingerprint density at radius 2 is 2.15 bits per heavy atom. The minimum absolute atomic E-state index is 0.0703. The number of aryl methyl sites for hydroxylation is 1. The van der Waals surface area contributed by atoms with Gasteiger partial charge in [-0.1, -0.05) is 6.07 Å². The topological polar surface area (TPSA) is 118 Å². The van der Waals surface area contributed by atoms with E-state index in [1.807, 2.05) is 0 Å². The Kier molecular flexibility index (Phi) is 3.78. The second kappa shape index (κ2) is 5.22. The molecule has 1 atom stereocenters. The second-order valence-corrected chi connectivity index (χ2v) is 6.28. The van der Waals surface area contributed by atoms with Crippen LogP contribution in [0.4, 0.5) is 5.69 Å². The minimum Gasteiger partial charge on any atom is -0.355 e. The number of nitrogens with one attached hydrogen (secondary N) is 2. The largest absolute Gasteiger partial charge is 0.355 e. The zero-order valence-corrected chi connectivity index (χ0v) is 11.7. The van der Waals surface area contributed by atoms with Crippen molar-refractivity contribution in [2.24, 2.45) is 11.1 Å². The summed E-state index contributed by atoms with van der Waals surface area (Å²) < 4.78 is 22.6. The van der Waals surface area contributed by atoms with E-state index in [4.69, 9.17) is 5.14 Å². The zero-order chi connectivity index (χ0) is 14.9. The lowest BCUT2D eigenvalue weighted by Gasteiger charge is -2.12. The smallest absolute Gasteiger partial charge is 0.238 e. The van der Waals surface area contributed by atoms with Crippen molar-refractivity contribution >= 4 is 27.5 Å². The maximum Gasteiger partial charge on any atom is 0.238 e. The second-order valence-electron chi connectivity index (χ2n) is 4.72. The number of amides is 2. The standard InChI is InChI=1S/C12H15N3O4S/c1-7-2-3-9(20(13,18)19)5-10(7)15-12(17)8-4-11(16)14-6-8/h2-3,5,8H,4,6H2,1H3,(H,14,16)(H,15,17)(H2,13,18,19). The van der Waals surface area contributed by atoms with Crippen LogP contribution in [-0.4, -0.2) is 26.8 Å². The number of carbonyl (C=O) groups is 2. The molecule has 1 aromatic carbocycles. The summed E-state index contributed by atoms with van der Waals surface area (Å²) in [5.74, 6) is -0.932. The molecule has 108 valence electrons. The Morgan fingerprint density at radius 3 is 2.70 bits per heavy atom. The molecule has 0 saturated carbocycles. The fourth-order valence-corrected chi connectivity index (χ4v) is 2.48. The van der Waals surface area contributed by atoms with Crippen molar-refractivity contribution in [1.29, 1.82) is 0 Å². The molecule has 8 heteroatoms. The van der Waals surface area contributed by atoms with Crippen LogP contribution >= 0.6 is 0 Å². The van der Waals surface area contributed by atoms with Crippen molar-refractivity contribution in [3.63, 3.8) is 0 Å². The van der Waals surface area contributed by atoms with E-state index in [9.17, 15) is 18.0 Å². The summed E-state index contributed by atoms with van der Waals surface area (Å²) in [4.78, 5) is 23.0. The fourth-order valence-electron chi connectivity index (χ4n) is 1.94. The summed E-state index contributed by atoms with van der Waals surface area (Å²) >= 11 is 0. The van der Waals surface area contributed by atoms with Crippen LogP contribution in [0.5, 0.6) is 0 Å². The molecule has 0 radical (unpaired) electrons. The summed E-state index contributed by atoms with van der Waals surface area (Å²) in [7, 11) is -3.82. The Labute approximate surface area is 116 Å². The van der Waals surface area contributed by atoms with Gasteiger partial charge in [0.2, 0.25) is 21.8 Å². The van der Waals surface area contributed by atoms with Crippen LogP contribution in [-0.2, 0) is 19.6 Å². The number of anilines is 1. The minimum atomic E-state index is -3.82. The first-order valence-electron chi connectivity index (χ1n) is 5.98. The normalized spacial score (nSPS) is 18.7. The molecule has 2 rings (SSSR count). The lowest BCUT2D eigenvalue weighted by Crippen LogP contribution is -2.25. The first-order valence-corrected chi connectivity index (χ1v) is 7.53. The third-order valence-corrected chi connectivity index (χ3v) is 4.05. The van der Waals surface area contributed by atoms with Crippen molar-refractivity contribution in [3.8, 4) is 0 Å². The van der Waals surface area contributed by atoms with Crippen LogP contribution in [0, 0.1) is 12.8 Å². The third kappa shape index (κ3) is 3.14. The number of hydrogen-bond acceptors (Lipinski definition) is 4. The van der Waals surface area contributed by atoms with Gasteiger partial charge in [0.15, 0.2) is 0 Å². The number of nitrogens with two attached hydrogens (primary N) is 1. The average Bonchev–Trinajstić information content (AvgIpc) is 2.77. The number of carbonyl (C=O) groups excluding carboxylic acids is 2. The number of rotatable bonds is 3. The van der Waals surface area contributed by atoms with Crippen LogP contribution in [0.1, 0.15) is 12.0 Å². The van der Waals surface area contributed by atoms with Gasteiger partial charge in [-0.2, -0.15) is 0 Å². The van der Waals surface area contributed by atoms with Gasteiger partial charge in [-0.05, 0) is 24.6 Å². The average molecular weight is 297 g/mol. The molecule has 1 aliphatic heterocycles. The molecule has 4 N–H and O–H groups in total. The fraction of sp³-hybridized carbons (Fsp3) is 0.333. The maximum absolute atomic E-state index is 12.0. The predicted octanol–water partition coefficient (Wildman–Crippen LogP) is -0.283. The molecule has 1 unspecified atom stereocenters. The summed E-state index contributed by atoms with van der Waals surface area (Å²) in [6, 6.07) is 4.25. The molecule has 1 aliphatic rings. The Bertz CT molecular complexity index is 669. The van der Waals surface area contributed by atoms with E-state index in [1.165, 1.54) is 12.1 Å². The van der Waals surface area contributed by atoms with E-state index in [0.29, 0.717) is 17.8 Å². The van der Waals surface area contributed by atoms with Gasteiger partial charge in [-0.15, -0.1) is 0 Å². The van der Waals surface area contributed by atoms with Gasteiger partial charge < -0.3 is 10.6 Å². The van der Waals surface area contributed by atoms with Crippen LogP contribution in [0.25, 0.3) is 0 Å². The first-order chi connectivity index (χ1) is 9.27. The van der Waals surface area contributed by atoms with Crippen LogP contribution < -0.4 is 15.8 Å². The highest BCUT2D eigenvalue weighted by Crippen LogP contribution is 2.21. The molecule has 2 amide bonds. The van der Waals surface area contributed by atoms with Crippen molar-refractivity contribution in [2.45, 2.75) is 18.2 Å². The highest BCUT2D eigenvalue weighted by Gasteiger charge is 2.28. The van der Waals surface area contributed by atoms with Crippen LogP contribution in [0.15, 0.2) is 23.1 Å². The van der Waals surface area contributed by atoms with Gasteiger partial charge in [0, 0.05) is 18.7 Å². The SMILES string of the molecule is Cc1ccc(S(N)(=O)=O)cc1NC(=O)C1CNC(=O)C1. The van der Waals surface area contributed by atoms with E-state index >= 15 is 0 Å². The molecule has 1 fully saturated rings. The highest BCUT2D eigenvalue weighted by molar-refractivity contribution is 7.89. The molecule has 1 aromatic rings. The number of benzene rings is 1. The monoisotopic (exact) mass is 297 g/mol. The Hall–Kier alpha value is -1.93. The lowest BCUT2D eigenvalue weighted by molar-refractivity contribution is -0.123. The lowest BCUT2D eigenvalue weighted by atomic mass is 10.1. The Balaban J connectivity index is 2.20. The molecule has 0 aliphatic carbocycles. The maximum atomic E-state index is 12.0. The quantitative estimate of drug-likeness (QED) is 0.710. The molecule has 1 heterocycles. The van der Waals surface area contributed by atoms with Crippen LogP contribution in [0.3, 0.4) is 0 Å². The van der Waals surface area contributed by atoms with E-state index in [2.05, 4.69) is 10.6 Å². The van der Waals surface area contributed by atoms with E-state index < -0.39 is 15.9 Å². The molecular formula is C12H15N3O4S. The summed E-state index contributed by atoms with van der Waals surface area (Å²) in [5.41, 5.74) is 1.09. The third-order valence-electron chi connectivity index (χ3n) is 3.14. The molecular weight excluding hydrogens is 282 g/mol. The zero-order valence-electron chi connectivity index (χ0n) is 10.8. The van der Waals surface area contributed by atoms with Crippen molar-refractivity contribution in [3.05, 3.63) is 23.8 Å². The van der Waals surface area contributed by atoms with Crippen LogP contribution in [0.2, 0.25) is 0 Å². The molecule has 0 spiro atoms. The summed E-state index contributed by atoms with van der Waals surface area (Å²) in [5, 5.41) is 10.3. The molecule has 1 saturated heterocycles. The van der Waals surface area contributed by atoms with Crippen molar-refractivity contribution in [2.75, 3.05) is 11.9 Å². The van der Waals surface area contributed by atoms with Gasteiger partial charge in [-0.25, -0.2) is 13.6 Å². The molecule has 20 heavy (non-hydrogen) atoms. The van der Waals surface area contributed by atoms with E-state index in [0.717, 1.165) is 0 Å². The Morgan fingerprint density at radius 1 is 1.45 bits per heavy atom. The molecule has 0 bridgehead atoms. The van der Waals surface area contributed by atoms with E-state index in [-0.39, 0.29) is 23.1 Å². The van der Waals surface area contributed by atoms with Gasteiger partial charge in [-0.3, -0.25) is 9.59 Å². The van der Waals surface area contributed by atoms with Crippen molar-refractivity contribution in [1.82, 2.24) is 5.32 Å². The predicted molar refractivity (Wildman–Crippen MR) is 72.3 cm³/mol. The van der Waals surface area contributed by atoms with Gasteiger partial charge in [0.25, 0.3) is 0 Å². The number of primary sulfonamides is 1. The highest BCUT2D eigenvalue weighted by atomic mass is 32.2. The van der Waals surface area contributed by atoms with Gasteiger partial charge in [0.1, 0.15) is 0 Å². The summed E-state index contributed by atoms with van der Waals surface area (Å²) in [6.45, 7) is 2.03. The van der Waals surface area contributed by atoms with E-state index in [1.54, 1.807) is 13.0 Å². The van der Waals surface area contributed by atoms with Gasteiger partial charge >= 0.3 is 0 Å².